The van der Waals surface area contributed by atoms with Gasteiger partial charge in [0.05, 0.1) is 25.8 Å². The Hall–Kier alpha value is -1.63. The summed E-state index contributed by atoms with van der Waals surface area (Å²) in [6, 6.07) is 7.96. The lowest BCUT2D eigenvalue weighted by Gasteiger charge is -2.25. The summed E-state index contributed by atoms with van der Waals surface area (Å²) in [6.45, 7) is 6.15. The molecule has 1 saturated heterocycles. The zero-order valence-corrected chi connectivity index (χ0v) is 15.6. The second kappa shape index (κ2) is 9.17. The molecule has 6 nitrogen and oxygen atoms in total. The van der Waals surface area contributed by atoms with E-state index in [0.29, 0.717) is 6.42 Å². The Morgan fingerprint density at radius 2 is 2.00 bits per heavy atom. The Kier molecular flexibility index (Phi) is 7.23. The molecular formula is C19H31N3O3. The van der Waals surface area contributed by atoms with Crippen molar-refractivity contribution in [3.8, 4) is 5.75 Å². The van der Waals surface area contributed by atoms with Crippen molar-refractivity contribution >= 4 is 5.91 Å². The van der Waals surface area contributed by atoms with Crippen LogP contribution in [0.5, 0.6) is 5.75 Å². The fourth-order valence-corrected chi connectivity index (χ4v) is 3.29. The van der Waals surface area contributed by atoms with E-state index < -0.39 is 0 Å². The number of carbonyl (C=O) groups excluding carboxylic acids is 1. The van der Waals surface area contributed by atoms with Gasteiger partial charge in [0, 0.05) is 18.4 Å². The van der Waals surface area contributed by atoms with Crippen molar-refractivity contribution in [2.45, 2.75) is 51.7 Å². The van der Waals surface area contributed by atoms with E-state index in [0.717, 1.165) is 17.7 Å². The first-order valence-corrected chi connectivity index (χ1v) is 9.05. The molecule has 0 saturated carbocycles. The van der Waals surface area contributed by atoms with Gasteiger partial charge in [0.2, 0.25) is 5.91 Å². The maximum Gasteiger partial charge on any atom is 0.220 e. The highest BCUT2D eigenvalue weighted by atomic mass is 16.5. The molecule has 1 aliphatic heterocycles. The largest absolute Gasteiger partial charge is 0.497 e. The van der Waals surface area contributed by atoms with E-state index in [4.69, 9.17) is 4.74 Å². The molecule has 6 heteroatoms. The molecule has 0 spiro atoms. The summed E-state index contributed by atoms with van der Waals surface area (Å²) in [5.41, 5.74) is 7.66. The smallest absolute Gasteiger partial charge is 0.220 e. The minimum Gasteiger partial charge on any atom is -0.497 e. The minimum atomic E-state index is -0.186. The van der Waals surface area contributed by atoms with Crippen LogP contribution >= 0.6 is 0 Å². The molecule has 4 N–H and O–H groups in total. The summed E-state index contributed by atoms with van der Waals surface area (Å²) in [6.07, 6.45) is 1.33. The third-order valence-corrected chi connectivity index (χ3v) is 5.31. The van der Waals surface area contributed by atoms with Crippen LogP contribution in [0.25, 0.3) is 0 Å². The molecule has 1 heterocycles. The molecule has 1 amide bonds. The summed E-state index contributed by atoms with van der Waals surface area (Å²) in [5.74, 6) is 1.19. The number of hydrogen-bond acceptors (Lipinski definition) is 5. The summed E-state index contributed by atoms with van der Waals surface area (Å²) in [7, 11) is 1.65. The van der Waals surface area contributed by atoms with E-state index in [1.165, 1.54) is 0 Å². The van der Waals surface area contributed by atoms with Crippen LogP contribution in [0.1, 0.15) is 45.2 Å². The number of nitrogens with one attached hydrogen (secondary N) is 3. The number of rotatable bonds is 8. The highest BCUT2D eigenvalue weighted by molar-refractivity contribution is 5.76. The van der Waals surface area contributed by atoms with Gasteiger partial charge in [-0.2, -0.15) is 0 Å². The Balaban J connectivity index is 2.03. The van der Waals surface area contributed by atoms with Gasteiger partial charge in [-0.3, -0.25) is 10.2 Å². The number of aliphatic hydroxyl groups is 1. The van der Waals surface area contributed by atoms with Gasteiger partial charge in [0.25, 0.3) is 0 Å². The van der Waals surface area contributed by atoms with Crippen LogP contribution in [0.4, 0.5) is 0 Å². The Labute approximate surface area is 150 Å². The summed E-state index contributed by atoms with van der Waals surface area (Å²) in [5, 5.41) is 12.5. The van der Waals surface area contributed by atoms with Crippen LogP contribution in [-0.2, 0) is 4.79 Å². The summed E-state index contributed by atoms with van der Waals surface area (Å²) < 4.78 is 5.21. The van der Waals surface area contributed by atoms with Crippen molar-refractivity contribution in [3.63, 3.8) is 0 Å². The third-order valence-electron chi connectivity index (χ3n) is 5.31. The molecule has 0 aliphatic carbocycles. The highest BCUT2D eigenvalue weighted by Gasteiger charge is 2.35. The normalized spacial score (nSPS) is 25.4. The van der Waals surface area contributed by atoms with E-state index in [1.807, 2.05) is 31.2 Å². The number of amides is 1. The molecule has 1 aliphatic rings. The summed E-state index contributed by atoms with van der Waals surface area (Å²) in [4.78, 5) is 12.5. The van der Waals surface area contributed by atoms with Gasteiger partial charge in [-0.1, -0.05) is 32.4 Å². The number of aliphatic hydroxyl groups excluding tert-OH is 1. The maximum absolute atomic E-state index is 12.5. The lowest BCUT2D eigenvalue weighted by molar-refractivity contribution is -0.123. The molecule has 1 aromatic rings. The standard InChI is InChI=1S/C19H31N3O3/c1-5-12(2)17(11-23)20-18(24)10-16-13(3)21-22-19(16)14-6-8-15(25-4)9-7-14/h6-9,12-13,16-17,19,21-23H,5,10-11H2,1-4H3,(H,20,24)/t12-,13?,16?,17-,19?/m0/s1. The molecule has 140 valence electrons. The molecule has 0 radical (unpaired) electrons. The lowest BCUT2D eigenvalue weighted by atomic mass is 9.87. The van der Waals surface area contributed by atoms with Crippen LogP contribution in [0.2, 0.25) is 0 Å². The molecular weight excluding hydrogens is 318 g/mol. The van der Waals surface area contributed by atoms with Crippen molar-refractivity contribution in [1.82, 2.24) is 16.2 Å². The zero-order valence-electron chi connectivity index (χ0n) is 15.6. The van der Waals surface area contributed by atoms with Gasteiger partial charge in [0.15, 0.2) is 0 Å². The Bertz CT molecular complexity index is 549. The SMILES string of the molecule is CC[C@H](C)[C@H](CO)NC(=O)CC1C(C)NNC1c1ccc(OC)cc1. The molecule has 3 unspecified atom stereocenters. The Morgan fingerprint density at radius 3 is 2.56 bits per heavy atom. The average molecular weight is 349 g/mol. The predicted octanol–water partition coefficient (Wildman–Crippen LogP) is 1.76. The topological polar surface area (TPSA) is 82.6 Å². The van der Waals surface area contributed by atoms with Gasteiger partial charge in [-0.25, -0.2) is 5.43 Å². The first-order valence-electron chi connectivity index (χ1n) is 9.05. The van der Waals surface area contributed by atoms with E-state index in [-0.39, 0.29) is 42.5 Å². The fraction of sp³-hybridized carbons (Fsp3) is 0.632. The second-order valence-electron chi connectivity index (χ2n) is 6.94. The molecule has 25 heavy (non-hydrogen) atoms. The number of methoxy groups -OCH3 is 1. The van der Waals surface area contributed by atoms with E-state index in [1.54, 1.807) is 7.11 Å². The third kappa shape index (κ3) is 4.93. The Morgan fingerprint density at radius 1 is 1.32 bits per heavy atom. The quantitative estimate of drug-likeness (QED) is 0.575. The molecule has 2 rings (SSSR count). The molecule has 1 fully saturated rings. The number of hydrazine groups is 1. The van der Waals surface area contributed by atoms with Gasteiger partial charge < -0.3 is 15.2 Å². The number of hydrogen-bond donors (Lipinski definition) is 4. The number of carbonyl (C=O) groups is 1. The number of ether oxygens (including phenoxy) is 1. The summed E-state index contributed by atoms with van der Waals surface area (Å²) >= 11 is 0. The van der Waals surface area contributed by atoms with Crippen molar-refractivity contribution in [1.29, 1.82) is 0 Å². The van der Waals surface area contributed by atoms with Crippen LogP contribution in [0.3, 0.4) is 0 Å². The monoisotopic (exact) mass is 349 g/mol. The van der Waals surface area contributed by atoms with Gasteiger partial charge >= 0.3 is 0 Å². The minimum absolute atomic E-state index is 0.0137. The van der Waals surface area contributed by atoms with Crippen molar-refractivity contribution in [2.24, 2.45) is 11.8 Å². The van der Waals surface area contributed by atoms with Gasteiger partial charge in [0.1, 0.15) is 5.75 Å². The first-order chi connectivity index (χ1) is 12.0. The van der Waals surface area contributed by atoms with Crippen molar-refractivity contribution in [2.75, 3.05) is 13.7 Å². The van der Waals surface area contributed by atoms with Crippen molar-refractivity contribution < 1.29 is 14.6 Å². The zero-order chi connectivity index (χ0) is 18.4. The maximum atomic E-state index is 12.5. The van der Waals surface area contributed by atoms with Crippen LogP contribution < -0.4 is 20.9 Å². The molecule has 1 aromatic carbocycles. The van der Waals surface area contributed by atoms with E-state index in [9.17, 15) is 9.90 Å². The average Bonchev–Trinajstić information content (AvgIpc) is 2.99. The predicted molar refractivity (Wildman–Crippen MR) is 98.0 cm³/mol. The van der Waals surface area contributed by atoms with Gasteiger partial charge in [-0.05, 0) is 30.5 Å². The van der Waals surface area contributed by atoms with E-state index in [2.05, 4.69) is 30.0 Å². The van der Waals surface area contributed by atoms with Crippen LogP contribution in [0.15, 0.2) is 24.3 Å². The lowest BCUT2D eigenvalue weighted by Crippen LogP contribution is -2.43. The first kappa shape index (κ1) is 19.7. The molecule has 0 aromatic heterocycles. The van der Waals surface area contributed by atoms with Gasteiger partial charge in [-0.15, -0.1) is 0 Å². The molecule has 0 bridgehead atoms. The van der Waals surface area contributed by atoms with Crippen molar-refractivity contribution in [3.05, 3.63) is 29.8 Å². The number of benzene rings is 1. The van der Waals surface area contributed by atoms with E-state index >= 15 is 0 Å². The van der Waals surface area contributed by atoms with Crippen LogP contribution in [0, 0.1) is 11.8 Å². The highest BCUT2D eigenvalue weighted by Crippen LogP contribution is 2.32. The fourth-order valence-electron chi connectivity index (χ4n) is 3.29. The molecule has 5 atom stereocenters. The van der Waals surface area contributed by atoms with Crippen LogP contribution in [-0.4, -0.2) is 36.8 Å². The second-order valence-corrected chi connectivity index (χ2v) is 6.94.